The van der Waals surface area contributed by atoms with E-state index >= 15 is 0 Å². The van der Waals surface area contributed by atoms with Crippen LogP contribution in [0.5, 0.6) is 0 Å². The van der Waals surface area contributed by atoms with Crippen LogP contribution in [0.3, 0.4) is 0 Å². The smallest absolute Gasteiger partial charge is 0.260 e. The topological polar surface area (TPSA) is 39.7 Å². The minimum absolute atomic E-state index is 0.509. The predicted octanol–water partition coefficient (Wildman–Crippen LogP) is 1.25. The Labute approximate surface area is 78.1 Å². The van der Waals surface area contributed by atoms with Gasteiger partial charge >= 0.3 is 0 Å². The first-order valence-corrected chi connectivity index (χ1v) is 6.01. The molecule has 72 valence electrons. The number of ether oxygens (including phenoxy) is 1. The number of hydrogen-bond acceptors (Lipinski definition) is 4. The summed E-state index contributed by atoms with van der Waals surface area (Å²) < 4.78 is 14.8. The zero-order valence-electron chi connectivity index (χ0n) is 7.28. The van der Waals surface area contributed by atoms with Crippen molar-refractivity contribution in [2.45, 2.75) is 0 Å². The Morgan fingerprint density at radius 2 is 2.08 bits per heavy atom. The molecule has 0 heterocycles. The van der Waals surface area contributed by atoms with Gasteiger partial charge in [-0.15, -0.1) is 0 Å². The summed E-state index contributed by atoms with van der Waals surface area (Å²) in [5.74, 6) is 0. The zero-order valence-corrected chi connectivity index (χ0v) is 8.99. The molecule has 0 bridgehead atoms. The molecule has 6 heteroatoms. The summed E-state index contributed by atoms with van der Waals surface area (Å²) in [5, 5.41) is 2.94. The van der Waals surface area contributed by atoms with Crippen LogP contribution < -0.4 is 5.09 Å². The van der Waals surface area contributed by atoms with Gasteiger partial charge in [-0.1, -0.05) is 6.58 Å². The maximum Gasteiger partial charge on any atom is 0.260 e. The van der Waals surface area contributed by atoms with Crippen molar-refractivity contribution in [1.29, 1.82) is 0 Å². The van der Waals surface area contributed by atoms with Crippen LogP contribution in [0, 0.1) is 0 Å². The quantitative estimate of drug-likeness (QED) is 0.390. The second-order valence-corrected chi connectivity index (χ2v) is 5.29. The monoisotopic (exact) mass is 211 g/mol. The fourth-order valence-electron chi connectivity index (χ4n) is 0.528. The highest BCUT2D eigenvalue weighted by Crippen LogP contribution is 2.41. The summed E-state index contributed by atoms with van der Waals surface area (Å²) in [4.78, 5) is 0. The van der Waals surface area contributed by atoms with Crippen molar-refractivity contribution >= 4 is 18.4 Å². The van der Waals surface area contributed by atoms with Gasteiger partial charge in [-0.2, -0.15) is 0 Å². The molecule has 0 fully saturated rings. The van der Waals surface area contributed by atoms with E-state index in [1.165, 1.54) is 20.5 Å². The lowest BCUT2D eigenvalue weighted by molar-refractivity contribution is 0.250. The third kappa shape index (κ3) is 4.85. The van der Waals surface area contributed by atoms with Crippen LogP contribution in [-0.2, 0) is 25.6 Å². The molecule has 12 heavy (non-hydrogen) atoms. The summed E-state index contributed by atoms with van der Waals surface area (Å²) in [6.07, 6.45) is 1.38. The molecule has 0 saturated heterocycles. The molecule has 0 atom stereocenters. The molecule has 4 nitrogen and oxygen atoms in total. The van der Waals surface area contributed by atoms with Gasteiger partial charge in [0.05, 0.1) is 6.26 Å². The Balaban J connectivity index is 3.59. The van der Waals surface area contributed by atoms with Crippen LogP contribution >= 0.6 is 6.64 Å². The molecule has 0 aromatic carbocycles. The van der Waals surface area contributed by atoms with Gasteiger partial charge in [0.2, 0.25) is 0 Å². The maximum atomic E-state index is 5.03. The molecule has 0 amide bonds. The van der Waals surface area contributed by atoms with Gasteiger partial charge in [0.15, 0.2) is 0 Å². The van der Waals surface area contributed by atoms with Crippen LogP contribution in [0.1, 0.15) is 0 Å². The Bertz CT molecular complexity index is 168. The molecular weight excluding hydrogens is 197 g/mol. The molecule has 0 saturated carbocycles. The Hall–Kier alpha value is 0.0700. The average Bonchev–Trinajstić information content (AvgIpc) is 2.12. The molecule has 0 unspecified atom stereocenters. The van der Waals surface area contributed by atoms with Gasteiger partial charge in [-0.05, 0) is 11.8 Å². The molecule has 0 radical (unpaired) electrons. The normalized spacial score (nSPS) is 11.2. The predicted molar refractivity (Wildman–Crippen MR) is 52.5 cm³/mol. The van der Waals surface area contributed by atoms with Crippen LogP contribution in [0.25, 0.3) is 0 Å². The molecule has 1 N–H and O–H groups in total. The first-order valence-electron chi connectivity index (χ1n) is 3.37. The highest BCUT2D eigenvalue weighted by molar-refractivity contribution is 8.08. The van der Waals surface area contributed by atoms with Crippen molar-refractivity contribution in [2.24, 2.45) is 0 Å². The minimum Gasteiger partial charge on any atom is -0.500 e. The van der Waals surface area contributed by atoms with Crippen LogP contribution in [0.4, 0.5) is 0 Å². The van der Waals surface area contributed by atoms with Crippen LogP contribution in [-0.4, -0.2) is 27.4 Å². The van der Waals surface area contributed by atoms with E-state index in [9.17, 15) is 0 Å². The fourth-order valence-corrected chi connectivity index (χ4v) is 1.57. The van der Waals surface area contributed by atoms with E-state index in [0.717, 1.165) is 0 Å². The van der Waals surface area contributed by atoms with E-state index in [2.05, 4.69) is 11.7 Å². The molecule has 0 spiro atoms. The average molecular weight is 211 g/mol. The lowest BCUT2D eigenvalue weighted by atomic mass is 10.7. The summed E-state index contributed by atoms with van der Waals surface area (Å²) >= 11 is 5.03. The molecule has 0 aliphatic rings. The molecule has 0 aromatic rings. The molecule has 0 aromatic heterocycles. The maximum absolute atomic E-state index is 5.03. The second kappa shape index (κ2) is 6.57. The van der Waals surface area contributed by atoms with Crippen molar-refractivity contribution in [3.05, 3.63) is 12.8 Å². The summed E-state index contributed by atoms with van der Waals surface area (Å²) in [7, 11) is 3.04. The number of rotatable bonds is 7. The van der Waals surface area contributed by atoms with E-state index in [1.54, 1.807) is 0 Å². The zero-order chi connectivity index (χ0) is 9.45. The Kier molecular flexibility index (Phi) is 6.61. The molecule has 0 rings (SSSR count). The van der Waals surface area contributed by atoms with E-state index in [1.807, 2.05) is 0 Å². The van der Waals surface area contributed by atoms with Gasteiger partial charge in [0.1, 0.15) is 6.61 Å². The van der Waals surface area contributed by atoms with Crippen molar-refractivity contribution in [2.75, 3.05) is 27.4 Å². The van der Waals surface area contributed by atoms with Gasteiger partial charge < -0.3 is 13.8 Å². The fraction of sp³-hybridized carbons (Fsp3) is 0.667. The van der Waals surface area contributed by atoms with E-state index in [0.29, 0.717) is 13.2 Å². The van der Waals surface area contributed by atoms with Gasteiger partial charge in [-0.25, -0.2) is 5.09 Å². The van der Waals surface area contributed by atoms with Crippen LogP contribution in [0.2, 0.25) is 0 Å². The lowest BCUT2D eigenvalue weighted by Crippen LogP contribution is -2.17. The Morgan fingerprint density at radius 3 is 2.50 bits per heavy atom. The third-order valence-electron chi connectivity index (χ3n) is 1.12. The summed E-state index contributed by atoms with van der Waals surface area (Å²) in [6.45, 7) is 2.25. The summed E-state index contributed by atoms with van der Waals surface area (Å²) in [5.41, 5.74) is 0. The van der Waals surface area contributed by atoms with Gasteiger partial charge in [0.25, 0.3) is 6.64 Å². The first kappa shape index (κ1) is 12.1. The first-order chi connectivity index (χ1) is 5.68. The van der Waals surface area contributed by atoms with Crippen LogP contribution in [0.15, 0.2) is 12.8 Å². The Morgan fingerprint density at radius 1 is 1.50 bits per heavy atom. The second-order valence-electron chi connectivity index (χ2n) is 1.81. The van der Waals surface area contributed by atoms with E-state index in [4.69, 9.17) is 25.6 Å². The van der Waals surface area contributed by atoms with Crippen molar-refractivity contribution in [3.63, 3.8) is 0 Å². The van der Waals surface area contributed by atoms with Gasteiger partial charge in [0, 0.05) is 20.8 Å². The van der Waals surface area contributed by atoms with E-state index in [-0.39, 0.29) is 0 Å². The van der Waals surface area contributed by atoms with Crippen molar-refractivity contribution < 1.29 is 13.8 Å². The number of nitrogens with one attached hydrogen (secondary N) is 1. The largest absolute Gasteiger partial charge is 0.500 e. The highest BCUT2D eigenvalue weighted by atomic mass is 32.5. The molecule has 0 aliphatic carbocycles. The van der Waals surface area contributed by atoms with Crippen molar-refractivity contribution in [3.8, 4) is 0 Å². The standard InChI is InChI=1S/C6H14NO3PS/c1-4-10-6-5-7-11(12,8-2)9-3/h4H,1,5-6H2,2-3H3,(H,7,12). The third-order valence-corrected chi connectivity index (χ3v) is 3.98. The van der Waals surface area contributed by atoms with Gasteiger partial charge in [-0.3, -0.25) is 0 Å². The molecule has 0 aliphatic heterocycles. The highest BCUT2D eigenvalue weighted by Gasteiger charge is 2.12. The minimum atomic E-state index is -2.25. The molecular formula is C6H14NO3PS. The number of hydrogen-bond donors (Lipinski definition) is 1. The SMILES string of the molecule is C=COCCNP(=S)(OC)OC. The lowest BCUT2D eigenvalue weighted by Gasteiger charge is -2.18. The van der Waals surface area contributed by atoms with Crippen molar-refractivity contribution in [1.82, 2.24) is 5.09 Å². The van der Waals surface area contributed by atoms with E-state index < -0.39 is 6.64 Å². The summed E-state index contributed by atoms with van der Waals surface area (Å²) in [6, 6.07) is 0.